The fraction of sp³-hybridized carbons (Fsp3) is 0.889. The number of unbranched alkanes of at least 4 members (excludes halogenated alkanes) is 4. The van der Waals surface area contributed by atoms with E-state index in [0.29, 0.717) is 0 Å². The maximum Gasteiger partial charge on any atom is 0.0770 e. The molecule has 0 aromatic heterocycles. The van der Waals surface area contributed by atoms with Gasteiger partial charge in [0.15, 0.2) is 0 Å². The zero-order valence-corrected chi connectivity index (χ0v) is 7.13. The van der Waals surface area contributed by atoms with Crippen molar-refractivity contribution >= 4 is 0 Å². The Balaban J connectivity index is 2.89. The van der Waals surface area contributed by atoms with Crippen molar-refractivity contribution in [2.75, 3.05) is 6.61 Å². The van der Waals surface area contributed by atoms with Crippen molar-refractivity contribution in [2.45, 2.75) is 44.6 Å². The first-order valence-corrected chi connectivity index (χ1v) is 4.39. The molecule has 67 valence electrons. The van der Waals surface area contributed by atoms with Crippen LogP contribution in [0.5, 0.6) is 0 Å². The van der Waals surface area contributed by atoms with Crippen LogP contribution in [0.4, 0.5) is 0 Å². The van der Waals surface area contributed by atoms with Gasteiger partial charge in [0, 0.05) is 0 Å². The van der Waals surface area contributed by atoms with Crippen LogP contribution in [0.2, 0.25) is 0 Å². The molecule has 0 fully saturated rings. The Morgan fingerprint density at radius 1 is 1.09 bits per heavy atom. The topological polar surface area (TPSA) is 40.5 Å². The van der Waals surface area contributed by atoms with Crippen LogP contribution >= 0.6 is 0 Å². The van der Waals surface area contributed by atoms with Crippen molar-refractivity contribution in [1.29, 1.82) is 0 Å². The van der Waals surface area contributed by atoms with Crippen LogP contribution in [0.15, 0.2) is 0 Å². The molecule has 0 spiro atoms. The van der Waals surface area contributed by atoms with Gasteiger partial charge in [-0.2, -0.15) is 0 Å². The number of rotatable bonds is 7. The largest absolute Gasteiger partial charge is 0.394 e. The van der Waals surface area contributed by atoms with E-state index in [9.17, 15) is 0 Å². The Bertz CT molecular complexity index is 74.0. The molecule has 2 heteroatoms. The Kier molecular flexibility index (Phi) is 7.96. The SMILES string of the molecule is [CH2]CCCCCCC(O)CO. The molecule has 2 nitrogen and oxygen atoms in total. The summed E-state index contributed by atoms with van der Waals surface area (Å²) in [5.41, 5.74) is 0. The molecular weight excluding hydrogens is 140 g/mol. The molecule has 0 bridgehead atoms. The first-order chi connectivity index (χ1) is 5.31. The summed E-state index contributed by atoms with van der Waals surface area (Å²) in [4.78, 5) is 0. The molecule has 0 aromatic rings. The summed E-state index contributed by atoms with van der Waals surface area (Å²) < 4.78 is 0. The second kappa shape index (κ2) is 8.02. The van der Waals surface area contributed by atoms with E-state index in [1.807, 2.05) is 0 Å². The van der Waals surface area contributed by atoms with Crippen molar-refractivity contribution in [3.8, 4) is 0 Å². The van der Waals surface area contributed by atoms with Gasteiger partial charge in [-0.25, -0.2) is 0 Å². The van der Waals surface area contributed by atoms with Crippen LogP contribution in [-0.4, -0.2) is 22.9 Å². The van der Waals surface area contributed by atoms with E-state index in [0.717, 1.165) is 25.7 Å². The third-order valence-electron chi connectivity index (χ3n) is 1.75. The Morgan fingerprint density at radius 3 is 2.27 bits per heavy atom. The summed E-state index contributed by atoms with van der Waals surface area (Å²) in [5.74, 6) is 0. The van der Waals surface area contributed by atoms with Crippen molar-refractivity contribution in [2.24, 2.45) is 0 Å². The summed E-state index contributed by atoms with van der Waals surface area (Å²) in [6.07, 6.45) is 5.76. The van der Waals surface area contributed by atoms with Gasteiger partial charge >= 0.3 is 0 Å². The fourth-order valence-electron chi connectivity index (χ4n) is 1.00. The molecule has 0 heterocycles. The van der Waals surface area contributed by atoms with Crippen LogP contribution < -0.4 is 0 Å². The van der Waals surface area contributed by atoms with E-state index >= 15 is 0 Å². The van der Waals surface area contributed by atoms with Crippen molar-refractivity contribution in [3.05, 3.63) is 6.92 Å². The van der Waals surface area contributed by atoms with E-state index < -0.39 is 6.10 Å². The van der Waals surface area contributed by atoms with Gasteiger partial charge in [-0.1, -0.05) is 39.0 Å². The first kappa shape index (κ1) is 10.9. The van der Waals surface area contributed by atoms with E-state index in [-0.39, 0.29) is 6.61 Å². The molecule has 0 saturated carbocycles. The number of hydrogen-bond acceptors (Lipinski definition) is 2. The lowest BCUT2D eigenvalue weighted by atomic mass is 10.1. The first-order valence-electron chi connectivity index (χ1n) is 4.39. The highest BCUT2D eigenvalue weighted by Gasteiger charge is 1.99. The van der Waals surface area contributed by atoms with Crippen LogP contribution in [-0.2, 0) is 0 Å². The minimum Gasteiger partial charge on any atom is -0.394 e. The monoisotopic (exact) mass is 159 g/mol. The minimum absolute atomic E-state index is 0.102. The summed E-state index contributed by atoms with van der Waals surface area (Å²) in [6, 6.07) is 0. The lowest BCUT2D eigenvalue weighted by molar-refractivity contribution is 0.0860. The van der Waals surface area contributed by atoms with Gasteiger partial charge in [0.05, 0.1) is 12.7 Å². The average molecular weight is 159 g/mol. The second-order valence-corrected chi connectivity index (χ2v) is 2.89. The van der Waals surface area contributed by atoms with Crippen LogP contribution in [0, 0.1) is 6.92 Å². The van der Waals surface area contributed by atoms with E-state index in [1.54, 1.807) is 0 Å². The summed E-state index contributed by atoms with van der Waals surface area (Å²) in [5, 5.41) is 17.4. The molecule has 2 N–H and O–H groups in total. The van der Waals surface area contributed by atoms with Crippen LogP contribution in [0.25, 0.3) is 0 Å². The lowest BCUT2D eigenvalue weighted by Gasteiger charge is -2.05. The third-order valence-corrected chi connectivity index (χ3v) is 1.75. The lowest BCUT2D eigenvalue weighted by Crippen LogP contribution is -2.10. The highest BCUT2D eigenvalue weighted by molar-refractivity contribution is 4.53. The molecular formula is C9H19O2. The Labute approximate surface area is 69.2 Å². The van der Waals surface area contributed by atoms with Gasteiger partial charge in [-0.3, -0.25) is 0 Å². The number of hydrogen-bond donors (Lipinski definition) is 2. The zero-order valence-electron chi connectivity index (χ0n) is 7.13. The summed E-state index contributed by atoms with van der Waals surface area (Å²) in [6.45, 7) is 3.64. The zero-order chi connectivity index (χ0) is 8.53. The molecule has 0 amide bonds. The molecule has 0 aliphatic carbocycles. The van der Waals surface area contributed by atoms with Crippen molar-refractivity contribution in [3.63, 3.8) is 0 Å². The highest BCUT2D eigenvalue weighted by atomic mass is 16.3. The Hall–Kier alpha value is -0.0800. The third kappa shape index (κ3) is 7.82. The highest BCUT2D eigenvalue weighted by Crippen LogP contribution is 2.06. The van der Waals surface area contributed by atoms with E-state index in [2.05, 4.69) is 6.92 Å². The van der Waals surface area contributed by atoms with Crippen LogP contribution in [0.3, 0.4) is 0 Å². The smallest absolute Gasteiger partial charge is 0.0770 e. The Morgan fingerprint density at radius 2 is 1.73 bits per heavy atom. The van der Waals surface area contributed by atoms with Gasteiger partial charge in [0.2, 0.25) is 0 Å². The molecule has 0 saturated heterocycles. The van der Waals surface area contributed by atoms with Gasteiger partial charge in [-0.05, 0) is 6.42 Å². The quantitative estimate of drug-likeness (QED) is 0.553. The predicted molar refractivity (Wildman–Crippen MR) is 46.2 cm³/mol. The number of aliphatic hydroxyl groups is 2. The molecule has 1 atom stereocenters. The molecule has 0 aromatic carbocycles. The maximum absolute atomic E-state index is 8.95. The number of aliphatic hydroxyl groups excluding tert-OH is 2. The standard InChI is InChI=1S/C9H19O2/c1-2-3-4-5-6-7-9(11)8-10/h9-11H,1-8H2. The summed E-state index contributed by atoms with van der Waals surface area (Å²) >= 11 is 0. The molecule has 0 aliphatic rings. The van der Waals surface area contributed by atoms with Gasteiger partial charge in [0.1, 0.15) is 0 Å². The molecule has 0 aliphatic heterocycles. The summed E-state index contributed by atoms with van der Waals surface area (Å²) in [7, 11) is 0. The van der Waals surface area contributed by atoms with Gasteiger partial charge in [-0.15, -0.1) is 0 Å². The predicted octanol–water partition coefficient (Wildman–Crippen LogP) is 1.51. The maximum atomic E-state index is 8.95. The van der Waals surface area contributed by atoms with Gasteiger partial charge < -0.3 is 10.2 Å². The van der Waals surface area contributed by atoms with Crippen molar-refractivity contribution in [1.82, 2.24) is 0 Å². The second-order valence-electron chi connectivity index (χ2n) is 2.89. The van der Waals surface area contributed by atoms with E-state index in [1.165, 1.54) is 12.8 Å². The van der Waals surface area contributed by atoms with Crippen molar-refractivity contribution < 1.29 is 10.2 Å². The van der Waals surface area contributed by atoms with Crippen LogP contribution in [0.1, 0.15) is 38.5 Å². The molecule has 1 radical (unpaired) electrons. The minimum atomic E-state index is -0.505. The van der Waals surface area contributed by atoms with E-state index in [4.69, 9.17) is 10.2 Å². The molecule has 1 unspecified atom stereocenters. The normalized spacial score (nSPS) is 13.4. The molecule has 11 heavy (non-hydrogen) atoms. The fourth-order valence-corrected chi connectivity index (χ4v) is 1.00. The average Bonchev–Trinajstić information content (AvgIpc) is 2.04. The van der Waals surface area contributed by atoms with Gasteiger partial charge in [0.25, 0.3) is 0 Å². The molecule has 0 rings (SSSR count).